The van der Waals surface area contributed by atoms with Gasteiger partial charge in [-0.25, -0.2) is 4.79 Å². The lowest BCUT2D eigenvalue weighted by Gasteiger charge is -2.29. The van der Waals surface area contributed by atoms with Crippen LogP contribution in [0.1, 0.15) is 24.2 Å². The molecule has 0 fully saturated rings. The van der Waals surface area contributed by atoms with Crippen molar-refractivity contribution < 1.29 is 28.5 Å². The third-order valence-electron chi connectivity index (χ3n) is 5.24. The maximum atomic E-state index is 12.6. The van der Waals surface area contributed by atoms with Gasteiger partial charge in [-0.1, -0.05) is 18.2 Å². The van der Waals surface area contributed by atoms with Gasteiger partial charge in [0.1, 0.15) is 5.56 Å². The lowest BCUT2D eigenvalue weighted by molar-refractivity contribution is -0.119. The van der Waals surface area contributed by atoms with Gasteiger partial charge in [-0.15, -0.1) is 0 Å². The number of hydrogen-bond acceptors (Lipinski definition) is 7. The van der Waals surface area contributed by atoms with Gasteiger partial charge in [-0.05, 0) is 62.4 Å². The molecule has 0 aliphatic heterocycles. The number of nitrogens with one attached hydrogen (secondary N) is 1. The molecule has 3 rings (SSSR count). The van der Waals surface area contributed by atoms with Crippen molar-refractivity contribution in [1.82, 2.24) is 0 Å². The number of esters is 1. The number of carbonyl (C=O) groups is 2. The van der Waals surface area contributed by atoms with Gasteiger partial charge in [0, 0.05) is 23.1 Å². The first-order valence-electron chi connectivity index (χ1n) is 11.1. The van der Waals surface area contributed by atoms with Crippen molar-refractivity contribution in [2.24, 2.45) is 0 Å². The van der Waals surface area contributed by atoms with Crippen LogP contribution in [0.25, 0.3) is 0 Å². The second-order valence-electron chi connectivity index (χ2n) is 7.85. The van der Waals surface area contributed by atoms with Crippen LogP contribution in [0.2, 0.25) is 0 Å². The molecule has 8 heteroatoms. The number of amides is 1. The average Bonchev–Trinajstić information content (AvgIpc) is 2.87. The Morgan fingerprint density at radius 3 is 2.00 bits per heavy atom. The van der Waals surface area contributed by atoms with Crippen LogP contribution in [0.15, 0.2) is 66.7 Å². The van der Waals surface area contributed by atoms with E-state index in [2.05, 4.69) is 36.2 Å². The van der Waals surface area contributed by atoms with Crippen molar-refractivity contribution in [3.05, 3.63) is 72.3 Å². The molecule has 3 aromatic carbocycles. The smallest absolute Gasteiger partial charge is 0.342 e. The van der Waals surface area contributed by atoms with Gasteiger partial charge in [0.25, 0.3) is 5.91 Å². The fourth-order valence-electron chi connectivity index (χ4n) is 3.71. The molecule has 0 heterocycles. The van der Waals surface area contributed by atoms with E-state index in [0.29, 0.717) is 11.4 Å². The molecule has 0 aliphatic carbocycles. The number of rotatable bonds is 10. The van der Waals surface area contributed by atoms with Crippen molar-refractivity contribution in [2.75, 3.05) is 38.2 Å². The second-order valence-corrected chi connectivity index (χ2v) is 7.85. The molecule has 0 saturated heterocycles. The van der Waals surface area contributed by atoms with Gasteiger partial charge in [0.2, 0.25) is 5.75 Å². The highest BCUT2D eigenvalue weighted by Crippen LogP contribution is 2.40. The van der Waals surface area contributed by atoms with E-state index < -0.39 is 18.5 Å². The number of ether oxygens (including phenoxy) is 4. The van der Waals surface area contributed by atoms with Gasteiger partial charge in [-0.2, -0.15) is 0 Å². The van der Waals surface area contributed by atoms with Crippen LogP contribution in [-0.4, -0.2) is 45.9 Å². The van der Waals surface area contributed by atoms with Crippen LogP contribution in [-0.2, 0) is 9.53 Å². The first-order valence-corrected chi connectivity index (χ1v) is 11.1. The minimum Gasteiger partial charge on any atom is -0.493 e. The third kappa shape index (κ3) is 6.03. The average molecular weight is 479 g/mol. The van der Waals surface area contributed by atoms with Gasteiger partial charge in [0.05, 0.1) is 21.3 Å². The lowest BCUT2D eigenvalue weighted by Crippen LogP contribution is -2.25. The van der Waals surface area contributed by atoms with Crippen LogP contribution in [0.4, 0.5) is 17.1 Å². The predicted octanol–water partition coefficient (Wildman–Crippen LogP) is 5.05. The highest BCUT2D eigenvalue weighted by Gasteiger charge is 2.22. The normalized spacial score (nSPS) is 10.5. The Morgan fingerprint density at radius 2 is 1.43 bits per heavy atom. The van der Waals surface area contributed by atoms with E-state index in [0.717, 1.165) is 11.4 Å². The van der Waals surface area contributed by atoms with E-state index in [4.69, 9.17) is 18.9 Å². The molecule has 0 saturated carbocycles. The van der Waals surface area contributed by atoms with E-state index in [1.54, 1.807) is 6.07 Å². The molecular weight excluding hydrogens is 448 g/mol. The molecular formula is C27H30N2O6. The Labute approximate surface area is 205 Å². The highest BCUT2D eigenvalue weighted by molar-refractivity contribution is 5.97. The fraction of sp³-hybridized carbons (Fsp3) is 0.259. The lowest BCUT2D eigenvalue weighted by atomic mass is 10.1. The standard InChI is InChI=1S/C27H30N2O6/c1-18(2)29(20-9-7-6-8-10-20)21-13-11-19(12-14-21)28-24(30)17-35-27(31)22-15-16-23(32-3)26(34-5)25(22)33-4/h6-16,18H,17H2,1-5H3,(H,28,30). The number of benzene rings is 3. The van der Waals surface area contributed by atoms with Crippen molar-refractivity contribution in [2.45, 2.75) is 19.9 Å². The largest absolute Gasteiger partial charge is 0.493 e. The molecule has 8 nitrogen and oxygen atoms in total. The van der Waals surface area contributed by atoms with Gasteiger partial charge >= 0.3 is 5.97 Å². The van der Waals surface area contributed by atoms with Crippen LogP contribution < -0.4 is 24.4 Å². The minimum atomic E-state index is -0.719. The Hall–Kier alpha value is -4.20. The summed E-state index contributed by atoms with van der Waals surface area (Å²) in [6.45, 7) is 3.77. The van der Waals surface area contributed by atoms with E-state index in [9.17, 15) is 9.59 Å². The summed E-state index contributed by atoms with van der Waals surface area (Å²) in [6, 6.07) is 20.9. The topological polar surface area (TPSA) is 86.3 Å². The van der Waals surface area contributed by atoms with E-state index in [1.165, 1.54) is 27.4 Å². The van der Waals surface area contributed by atoms with Gasteiger partial charge in [0.15, 0.2) is 18.1 Å². The number of nitrogens with zero attached hydrogens (tertiary/aromatic N) is 1. The Bertz CT molecular complexity index is 1150. The van der Waals surface area contributed by atoms with Crippen molar-refractivity contribution in [3.8, 4) is 17.2 Å². The van der Waals surface area contributed by atoms with Crippen molar-refractivity contribution >= 4 is 28.9 Å². The van der Waals surface area contributed by atoms with Crippen LogP contribution >= 0.6 is 0 Å². The Balaban J connectivity index is 1.64. The monoisotopic (exact) mass is 478 g/mol. The number of anilines is 3. The maximum Gasteiger partial charge on any atom is 0.342 e. The molecule has 1 amide bonds. The van der Waals surface area contributed by atoms with E-state index >= 15 is 0 Å². The zero-order chi connectivity index (χ0) is 25.4. The van der Waals surface area contributed by atoms with Gasteiger partial charge in [-0.3, -0.25) is 4.79 Å². The molecule has 0 atom stereocenters. The molecule has 0 bridgehead atoms. The van der Waals surface area contributed by atoms with Crippen LogP contribution in [0, 0.1) is 0 Å². The molecule has 184 valence electrons. The SMILES string of the molecule is COc1ccc(C(=O)OCC(=O)Nc2ccc(N(c3ccccc3)C(C)C)cc2)c(OC)c1OC. The molecule has 0 spiro atoms. The summed E-state index contributed by atoms with van der Waals surface area (Å²) >= 11 is 0. The predicted molar refractivity (Wildman–Crippen MR) is 135 cm³/mol. The second kappa shape index (κ2) is 11.8. The van der Waals surface area contributed by atoms with Crippen molar-refractivity contribution in [3.63, 3.8) is 0 Å². The molecule has 35 heavy (non-hydrogen) atoms. The molecule has 1 N–H and O–H groups in total. The molecule has 0 aliphatic rings. The Morgan fingerprint density at radius 1 is 0.800 bits per heavy atom. The molecule has 0 radical (unpaired) electrons. The summed E-state index contributed by atoms with van der Waals surface area (Å²) in [5.74, 6) is -0.343. The third-order valence-corrected chi connectivity index (χ3v) is 5.24. The summed E-state index contributed by atoms with van der Waals surface area (Å²) in [5, 5.41) is 2.74. The number of methoxy groups -OCH3 is 3. The first kappa shape index (κ1) is 25.4. The first-order chi connectivity index (χ1) is 16.9. The minimum absolute atomic E-state index is 0.122. The maximum absolute atomic E-state index is 12.6. The quantitative estimate of drug-likeness (QED) is 0.408. The zero-order valence-corrected chi connectivity index (χ0v) is 20.5. The zero-order valence-electron chi connectivity index (χ0n) is 20.5. The summed E-state index contributed by atoms with van der Waals surface area (Å²) in [6.07, 6.45) is 0. The van der Waals surface area contributed by atoms with Crippen LogP contribution in [0.5, 0.6) is 17.2 Å². The van der Waals surface area contributed by atoms with E-state index in [-0.39, 0.29) is 23.1 Å². The van der Waals surface area contributed by atoms with Gasteiger partial charge < -0.3 is 29.2 Å². The van der Waals surface area contributed by atoms with E-state index in [1.807, 2.05) is 42.5 Å². The molecule has 0 unspecified atom stereocenters. The molecule has 0 aromatic heterocycles. The number of hydrogen-bond donors (Lipinski definition) is 1. The summed E-state index contributed by atoms with van der Waals surface area (Å²) in [5.41, 5.74) is 2.79. The number of carbonyl (C=O) groups excluding carboxylic acids is 2. The van der Waals surface area contributed by atoms with Crippen LogP contribution in [0.3, 0.4) is 0 Å². The Kier molecular flexibility index (Phi) is 8.56. The summed E-state index contributed by atoms with van der Waals surface area (Å²) in [4.78, 5) is 27.2. The highest BCUT2D eigenvalue weighted by atomic mass is 16.5. The fourth-order valence-corrected chi connectivity index (χ4v) is 3.71. The number of para-hydroxylation sites is 1. The molecule has 3 aromatic rings. The summed E-state index contributed by atoms with van der Waals surface area (Å²) < 4.78 is 21.0. The van der Waals surface area contributed by atoms with Crippen molar-refractivity contribution in [1.29, 1.82) is 0 Å². The summed E-state index contributed by atoms with van der Waals surface area (Å²) in [7, 11) is 4.32.